The molecule has 0 saturated carbocycles. The first-order valence-electron chi connectivity index (χ1n) is 5.17. The van der Waals surface area contributed by atoms with Gasteiger partial charge in [-0.3, -0.25) is 0 Å². The lowest BCUT2D eigenvalue weighted by molar-refractivity contribution is -0.0427. The Labute approximate surface area is 74.7 Å². The summed E-state index contributed by atoms with van der Waals surface area (Å²) < 4.78 is 5.69. The van der Waals surface area contributed by atoms with Gasteiger partial charge < -0.3 is 10.1 Å². The predicted octanol–water partition coefficient (Wildman–Crippen LogP) is 1.56. The predicted molar refractivity (Wildman–Crippen MR) is 49.2 cm³/mol. The van der Waals surface area contributed by atoms with Gasteiger partial charge in [-0.1, -0.05) is 6.92 Å². The van der Waals surface area contributed by atoms with Crippen LogP contribution < -0.4 is 5.32 Å². The fourth-order valence-corrected chi connectivity index (χ4v) is 2.53. The van der Waals surface area contributed by atoms with Crippen molar-refractivity contribution < 1.29 is 4.74 Å². The van der Waals surface area contributed by atoms with Gasteiger partial charge in [0.2, 0.25) is 0 Å². The van der Waals surface area contributed by atoms with Gasteiger partial charge in [-0.25, -0.2) is 0 Å². The van der Waals surface area contributed by atoms with Crippen LogP contribution in [0.25, 0.3) is 0 Å². The summed E-state index contributed by atoms with van der Waals surface area (Å²) in [4.78, 5) is 0. The molecule has 0 aromatic heterocycles. The fraction of sp³-hybridized carbons (Fsp3) is 1.00. The van der Waals surface area contributed by atoms with Crippen molar-refractivity contribution in [3.05, 3.63) is 0 Å². The van der Waals surface area contributed by atoms with Gasteiger partial charge in [-0.05, 0) is 37.6 Å². The van der Waals surface area contributed by atoms with Crippen LogP contribution in [0.5, 0.6) is 0 Å². The lowest BCUT2D eigenvalue weighted by Crippen LogP contribution is -2.36. The van der Waals surface area contributed by atoms with Gasteiger partial charge in [0.25, 0.3) is 0 Å². The molecule has 2 aliphatic heterocycles. The van der Waals surface area contributed by atoms with E-state index in [9.17, 15) is 0 Å². The van der Waals surface area contributed by atoms with Gasteiger partial charge >= 0.3 is 0 Å². The van der Waals surface area contributed by atoms with Crippen molar-refractivity contribution in [2.45, 2.75) is 38.7 Å². The zero-order valence-corrected chi connectivity index (χ0v) is 7.94. The average molecular weight is 169 g/mol. The van der Waals surface area contributed by atoms with E-state index >= 15 is 0 Å². The first kappa shape index (κ1) is 8.52. The highest BCUT2D eigenvalue weighted by molar-refractivity contribution is 4.91. The molecule has 2 nitrogen and oxygen atoms in total. The van der Waals surface area contributed by atoms with Crippen LogP contribution in [-0.4, -0.2) is 25.8 Å². The van der Waals surface area contributed by atoms with E-state index in [1.807, 2.05) is 0 Å². The summed E-state index contributed by atoms with van der Waals surface area (Å²) in [6.45, 7) is 5.66. The third kappa shape index (κ3) is 1.50. The van der Waals surface area contributed by atoms with Crippen LogP contribution in [0.1, 0.15) is 32.6 Å². The van der Waals surface area contributed by atoms with Crippen LogP contribution in [0, 0.1) is 5.41 Å². The zero-order chi connectivity index (χ0) is 8.44. The van der Waals surface area contributed by atoms with Crippen LogP contribution in [0.3, 0.4) is 0 Å². The van der Waals surface area contributed by atoms with E-state index in [1.54, 1.807) is 0 Å². The Morgan fingerprint density at radius 1 is 1.50 bits per heavy atom. The van der Waals surface area contributed by atoms with E-state index in [-0.39, 0.29) is 0 Å². The minimum Gasteiger partial charge on any atom is -0.378 e. The summed E-state index contributed by atoms with van der Waals surface area (Å²) in [5, 5.41) is 3.47. The highest BCUT2D eigenvalue weighted by atomic mass is 16.5. The first-order chi connectivity index (χ1) is 5.85. The summed E-state index contributed by atoms with van der Waals surface area (Å²) in [5.74, 6) is 0. The molecule has 2 rings (SSSR count). The molecule has 2 atom stereocenters. The second-order valence-corrected chi connectivity index (χ2v) is 4.28. The zero-order valence-electron chi connectivity index (χ0n) is 7.94. The Balaban J connectivity index is 1.97. The molecule has 0 bridgehead atoms. The van der Waals surface area contributed by atoms with Crippen LogP contribution in [-0.2, 0) is 4.74 Å². The Morgan fingerprint density at radius 2 is 2.42 bits per heavy atom. The molecule has 2 saturated heterocycles. The van der Waals surface area contributed by atoms with Gasteiger partial charge in [0.1, 0.15) is 0 Å². The van der Waals surface area contributed by atoms with E-state index in [4.69, 9.17) is 4.74 Å². The molecular weight excluding hydrogens is 150 g/mol. The number of nitrogens with one attached hydrogen (secondary N) is 1. The quantitative estimate of drug-likeness (QED) is 0.643. The largest absolute Gasteiger partial charge is 0.378 e. The third-order valence-corrected chi connectivity index (χ3v) is 3.43. The van der Waals surface area contributed by atoms with Gasteiger partial charge in [0.05, 0.1) is 6.10 Å². The molecule has 2 heteroatoms. The van der Waals surface area contributed by atoms with Crippen molar-refractivity contribution in [2.24, 2.45) is 5.41 Å². The smallest absolute Gasteiger partial charge is 0.0578 e. The molecule has 2 heterocycles. The highest BCUT2D eigenvalue weighted by Gasteiger charge is 2.38. The second-order valence-electron chi connectivity index (χ2n) is 4.28. The van der Waals surface area contributed by atoms with Gasteiger partial charge in [-0.15, -0.1) is 0 Å². The standard InChI is InChI=1S/C10H19NO/c1-2-9-7-10(4-6-12-9)3-5-11-8-10/h9,11H,2-8H2,1H3. The van der Waals surface area contributed by atoms with Crippen LogP contribution >= 0.6 is 0 Å². The topological polar surface area (TPSA) is 21.3 Å². The molecule has 0 amide bonds. The first-order valence-corrected chi connectivity index (χ1v) is 5.17. The minimum atomic E-state index is 0.540. The molecule has 0 aromatic rings. The highest BCUT2D eigenvalue weighted by Crippen LogP contribution is 2.39. The minimum absolute atomic E-state index is 0.540. The summed E-state index contributed by atoms with van der Waals surface area (Å²) in [6, 6.07) is 0. The summed E-state index contributed by atoms with van der Waals surface area (Å²) in [5.41, 5.74) is 0.610. The van der Waals surface area contributed by atoms with E-state index in [1.165, 1.54) is 38.8 Å². The normalized spacial score (nSPS) is 42.2. The molecular formula is C10H19NO. The maximum Gasteiger partial charge on any atom is 0.0578 e. The maximum absolute atomic E-state index is 5.69. The van der Waals surface area contributed by atoms with Gasteiger partial charge in [0.15, 0.2) is 0 Å². The van der Waals surface area contributed by atoms with E-state index in [0.29, 0.717) is 11.5 Å². The van der Waals surface area contributed by atoms with Crippen LogP contribution in [0.4, 0.5) is 0 Å². The molecule has 2 unspecified atom stereocenters. The van der Waals surface area contributed by atoms with Crippen LogP contribution in [0.15, 0.2) is 0 Å². The molecule has 0 aliphatic carbocycles. The summed E-state index contributed by atoms with van der Waals surface area (Å²) in [7, 11) is 0. The Bertz CT molecular complexity index is 152. The van der Waals surface area contributed by atoms with E-state index in [0.717, 1.165) is 6.61 Å². The van der Waals surface area contributed by atoms with Gasteiger partial charge in [-0.2, -0.15) is 0 Å². The fourth-order valence-electron chi connectivity index (χ4n) is 2.53. The Hall–Kier alpha value is -0.0800. The Kier molecular flexibility index (Phi) is 2.37. The Morgan fingerprint density at radius 3 is 3.08 bits per heavy atom. The van der Waals surface area contributed by atoms with Gasteiger partial charge in [0, 0.05) is 13.2 Å². The SMILES string of the molecule is CCC1CC2(CCNC2)CCO1. The maximum atomic E-state index is 5.69. The van der Waals surface area contributed by atoms with Crippen LogP contribution in [0.2, 0.25) is 0 Å². The molecule has 2 fully saturated rings. The van der Waals surface area contributed by atoms with Crippen molar-refractivity contribution in [1.29, 1.82) is 0 Å². The van der Waals surface area contributed by atoms with Crippen molar-refractivity contribution in [3.8, 4) is 0 Å². The van der Waals surface area contributed by atoms with Crippen molar-refractivity contribution in [1.82, 2.24) is 5.32 Å². The lowest BCUT2D eigenvalue weighted by atomic mass is 9.77. The molecule has 12 heavy (non-hydrogen) atoms. The molecule has 0 radical (unpaired) electrons. The number of hydrogen-bond acceptors (Lipinski definition) is 2. The average Bonchev–Trinajstić information content (AvgIpc) is 2.53. The number of rotatable bonds is 1. The molecule has 70 valence electrons. The number of hydrogen-bond donors (Lipinski definition) is 1. The van der Waals surface area contributed by atoms with Crippen molar-refractivity contribution in [2.75, 3.05) is 19.7 Å². The molecule has 0 aromatic carbocycles. The molecule has 1 spiro atoms. The summed E-state index contributed by atoms with van der Waals surface area (Å²) in [6.07, 6.45) is 5.65. The monoisotopic (exact) mass is 169 g/mol. The summed E-state index contributed by atoms with van der Waals surface area (Å²) >= 11 is 0. The third-order valence-electron chi connectivity index (χ3n) is 3.43. The lowest BCUT2D eigenvalue weighted by Gasteiger charge is -2.37. The van der Waals surface area contributed by atoms with Crippen molar-refractivity contribution >= 4 is 0 Å². The van der Waals surface area contributed by atoms with E-state index in [2.05, 4.69) is 12.2 Å². The number of ether oxygens (including phenoxy) is 1. The van der Waals surface area contributed by atoms with Crippen molar-refractivity contribution in [3.63, 3.8) is 0 Å². The molecule has 2 aliphatic rings. The second kappa shape index (κ2) is 3.35. The molecule has 1 N–H and O–H groups in total. The van der Waals surface area contributed by atoms with E-state index < -0.39 is 0 Å².